The molecule has 1 fully saturated rings. The van der Waals surface area contributed by atoms with E-state index in [0.717, 1.165) is 19.4 Å². The molecule has 1 saturated heterocycles. The molecular weight excluding hydrogens is 276 g/mol. The Hall–Kier alpha value is -1.86. The fourth-order valence-electron chi connectivity index (χ4n) is 2.27. The first-order valence-corrected chi connectivity index (χ1v) is 6.90. The molecule has 1 unspecified atom stereocenters. The van der Waals surface area contributed by atoms with E-state index in [0.29, 0.717) is 12.2 Å². The van der Waals surface area contributed by atoms with E-state index in [-0.39, 0.29) is 36.3 Å². The van der Waals surface area contributed by atoms with Crippen molar-refractivity contribution in [3.8, 4) is 5.75 Å². The summed E-state index contributed by atoms with van der Waals surface area (Å²) in [6, 6.07) is 1.27. The highest BCUT2D eigenvalue weighted by molar-refractivity contribution is 5.75. The molecule has 7 heteroatoms. The van der Waals surface area contributed by atoms with E-state index in [1.165, 1.54) is 23.9 Å². The Bertz CT molecular complexity index is 549. The molecule has 1 aliphatic heterocycles. The van der Waals surface area contributed by atoms with Gasteiger partial charge in [0.15, 0.2) is 5.75 Å². The summed E-state index contributed by atoms with van der Waals surface area (Å²) < 4.78 is 11.9. The Morgan fingerprint density at radius 3 is 3.05 bits per heavy atom. The topological polar surface area (TPSA) is 89.8 Å². The molecule has 0 aliphatic carbocycles. The summed E-state index contributed by atoms with van der Waals surface area (Å²) in [5, 5.41) is 12.1. The van der Waals surface area contributed by atoms with Crippen LogP contribution < -0.4 is 15.5 Å². The summed E-state index contributed by atoms with van der Waals surface area (Å²) in [7, 11) is 1.39. The number of ether oxygens (including phenoxy) is 2. The van der Waals surface area contributed by atoms with Gasteiger partial charge in [0.1, 0.15) is 6.54 Å². The highest BCUT2D eigenvalue weighted by Gasteiger charge is 2.16. The van der Waals surface area contributed by atoms with Crippen molar-refractivity contribution in [3.63, 3.8) is 0 Å². The van der Waals surface area contributed by atoms with Crippen LogP contribution in [-0.4, -0.2) is 41.9 Å². The number of pyridine rings is 1. The number of nitrogens with zero attached hydrogens (tertiary/aromatic N) is 1. The summed E-state index contributed by atoms with van der Waals surface area (Å²) >= 11 is 0. The average Bonchev–Trinajstić information content (AvgIpc) is 2.99. The van der Waals surface area contributed by atoms with E-state index in [1.807, 2.05) is 0 Å². The third kappa shape index (κ3) is 4.05. The lowest BCUT2D eigenvalue weighted by molar-refractivity contribution is -0.122. The summed E-state index contributed by atoms with van der Waals surface area (Å²) in [6.07, 6.45) is 3.48. The van der Waals surface area contributed by atoms with Gasteiger partial charge in [-0.15, -0.1) is 0 Å². The summed E-state index contributed by atoms with van der Waals surface area (Å²) in [5.74, 6) is -0.0648. The lowest BCUT2D eigenvalue weighted by Crippen LogP contribution is -2.34. The van der Waals surface area contributed by atoms with Crippen molar-refractivity contribution >= 4 is 5.91 Å². The summed E-state index contributed by atoms with van der Waals surface area (Å²) in [6.45, 7) is 0.911. The zero-order chi connectivity index (χ0) is 15.2. The van der Waals surface area contributed by atoms with Crippen LogP contribution in [0, 0.1) is 0 Å². The molecule has 1 aromatic heterocycles. The van der Waals surface area contributed by atoms with Gasteiger partial charge >= 0.3 is 0 Å². The lowest BCUT2D eigenvalue weighted by Gasteiger charge is -2.15. The Labute approximate surface area is 122 Å². The molecular formula is C14H20N2O5. The monoisotopic (exact) mass is 296 g/mol. The minimum Gasteiger partial charge on any atom is -0.491 e. The zero-order valence-electron chi connectivity index (χ0n) is 12.0. The number of nitrogens with one attached hydrogen (secondary N) is 1. The van der Waals surface area contributed by atoms with Crippen molar-refractivity contribution in [2.24, 2.45) is 0 Å². The average molecular weight is 296 g/mol. The smallest absolute Gasteiger partial charge is 0.240 e. The molecule has 1 aliphatic rings. The first-order chi connectivity index (χ1) is 10.1. The SMILES string of the molecule is COc1cn(CC(=O)NCC2CCCO2)c(CO)cc1=O. The van der Waals surface area contributed by atoms with E-state index in [2.05, 4.69) is 5.32 Å². The van der Waals surface area contributed by atoms with Gasteiger partial charge in [0.2, 0.25) is 11.3 Å². The largest absolute Gasteiger partial charge is 0.491 e. The van der Waals surface area contributed by atoms with Gasteiger partial charge in [-0.3, -0.25) is 9.59 Å². The Morgan fingerprint density at radius 2 is 2.43 bits per heavy atom. The van der Waals surface area contributed by atoms with Gasteiger partial charge in [0, 0.05) is 24.9 Å². The molecule has 2 rings (SSSR count). The molecule has 1 atom stereocenters. The second kappa shape index (κ2) is 7.24. The van der Waals surface area contributed by atoms with Crippen LogP contribution in [0.1, 0.15) is 18.5 Å². The Balaban J connectivity index is 2.00. The number of aromatic nitrogens is 1. The van der Waals surface area contributed by atoms with Crippen molar-refractivity contribution in [3.05, 3.63) is 28.2 Å². The van der Waals surface area contributed by atoms with Gasteiger partial charge < -0.3 is 24.5 Å². The standard InChI is InChI=1S/C14H20N2O5/c1-20-13-7-16(10(9-17)5-12(13)18)8-14(19)15-6-11-3-2-4-21-11/h5,7,11,17H,2-4,6,8-9H2,1H3,(H,15,19). The number of methoxy groups -OCH3 is 1. The zero-order valence-corrected chi connectivity index (χ0v) is 12.0. The van der Waals surface area contributed by atoms with E-state index in [1.54, 1.807) is 0 Å². The van der Waals surface area contributed by atoms with E-state index >= 15 is 0 Å². The van der Waals surface area contributed by atoms with Crippen molar-refractivity contribution < 1.29 is 19.4 Å². The molecule has 0 radical (unpaired) electrons. The number of aliphatic hydroxyl groups is 1. The minimum absolute atomic E-state index is 0.0131. The first kappa shape index (κ1) is 15.5. The third-order valence-corrected chi connectivity index (χ3v) is 3.43. The Morgan fingerprint density at radius 1 is 1.62 bits per heavy atom. The number of carbonyl (C=O) groups is 1. The predicted molar refractivity (Wildman–Crippen MR) is 75.2 cm³/mol. The van der Waals surface area contributed by atoms with Crippen LogP contribution >= 0.6 is 0 Å². The summed E-state index contributed by atoms with van der Waals surface area (Å²) in [4.78, 5) is 23.5. The maximum absolute atomic E-state index is 11.9. The minimum atomic E-state index is -0.322. The predicted octanol–water partition coefficient (Wildman–Crippen LogP) is -0.356. The molecule has 0 aromatic carbocycles. The van der Waals surface area contributed by atoms with Crippen LogP contribution in [-0.2, 0) is 22.7 Å². The molecule has 0 saturated carbocycles. The molecule has 0 spiro atoms. The number of carbonyl (C=O) groups excluding carboxylic acids is 1. The third-order valence-electron chi connectivity index (χ3n) is 3.43. The molecule has 1 aromatic rings. The fourth-order valence-corrected chi connectivity index (χ4v) is 2.27. The quantitative estimate of drug-likeness (QED) is 0.748. The van der Waals surface area contributed by atoms with Crippen molar-refractivity contribution in [1.82, 2.24) is 9.88 Å². The van der Waals surface area contributed by atoms with Gasteiger partial charge in [0.05, 0.1) is 26.0 Å². The van der Waals surface area contributed by atoms with Gasteiger partial charge in [-0.05, 0) is 12.8 Å². The van der Waals surface area contributed by atoms with Crippen LogP contribution in [0.4, 0.5) is 0 Å². The molecule has 7 nitrogen and oxygen atoms in total. The fraction of sp³-hybridized carbons (Fsp3) is 0.571. The highest BCUT2D eigenvalue weighted by Crippen LogP contribution is 2.11. The van der Waals surface area contributed by atoms with Crippen LogP contribution in [0.25, 0.3) is 0 Å². The number of hydrogen-bond donors (Lipinski definition) is 2. The number of aliphatic hydroxyl groups excluding tert-OH is 1. The molecule has 116 valence electrons. The van der Waals surface area contributed by atoms with Gasteiger partial charge in [0.25, 0.3) is 0 Å². The number of amides is 1. The number of rotatable bonds is 6. The van der Waals surface area contributed by atoms with Gasteiger partial charge in [-0.25, -0.2) is 0 Å². The van der Waals surface area contributed by atoms with Crippen LogP contribution in [0.2, 0.25) is 0 Å². The van der Waals surface area contributed by atoms with Crippen molar-refractivity contribution in [1.29, 1.82) is 0 Å². The lowest BCUT2D eigenvalue weighted by atomic mass is 10.2. The van der Waals surface area contributed by atoms with Crippen LogP contribution in [0.5, 0.6) is 5.75 Å². The van der Waals surface area contributed by atoms with E-state index in [9.17, 15) is 14.7 Å². The molecule has 2 N–H and O–H groups in total. The van der Waals surface area contributed by atoms with Crippen molar-refractivity contribution in [2.45, 2.75) is 32.1 Å². The maximum atomic E-state index is 11.9. The van der Waals surface area contributed by atoms with Crippen LogP contribution in [0.3, 0.4) is 0 Å². The first-order valence-electron chi connectivity index (χ1n) is 6.90. The second-order valence-corrected chi connectivity index (χ2v) is 4.92. The molecule has 1 amide bonds. The van der Waals surface area contributed by atoms with E-state index < -0.39 is 0 Å². The molecule has 21 heavy (non-hydrogen) atoms. The van der Waals surface area contributed by atoms with E-state index in [4.69, 9.17) is 9.47 Å². The van der Waals surface area contributed by atoms with Gasteiger partial charge in [-0.1, -0.05) is 0 Å². The molecule has 0 bridgehead atoms. The van der Waals surface area contributed by atoms with Crippen LogP contribution in [0.15, 0.2) is 17.1 Å². The maximum Gasteiger partial charge on any atom is 0.240 e. The van der Waals surface area contributed by atoms with Crippen molar-refractivity contribution in [2.75, 3.05) is 20.3 Å². The highest BCUT2D eigenvalue weighted by atomic mass is 16.5. The second-order valence-electron chi connectivity index (χ2n) is 4.92. The molecule has 2 heterocycles. The summed E-state index contributed by atoms with van der Waals surface area (Å²) in [5.41, 5.74) is 0.0469. The number of hydrogen-bond acceptors (Lipinski definition) is 5. The normalized spacial score (nSPS) is 17.7. The Kier molecular flexibility index (Phi) is 5.35. The van der Waals surface area contributed by atoms with Gasteiger partial charge in [-0.2, -0.15) is 0 Å².